The van der Waals surface area contributed by atoms with E-state index in [0.29, 0.717) is 17.8 Å². The van der Waals surface area contributed by atoms with Crippen LogP contribution in [0.15, 0.2) is 16.8 Å². The predicted octanol–water partition coefficient (Wildman–Crippen LogP) is 4.80. The van der Waals surface area contributed by atoms with Crippen LogP contribution in [-0.2, 0) is 19.2 Å². The minimum atomic E-state index is -0.337. The fourth-order valence-corrected chi connectivity index (χ4v) is 7.02. The second kappa shape index (κ2) is 7.00. The Morgan fingerprint density at radius 3 is 2.46 bits per heavy atom. The first-order valence-electron chi connectivity index (χ1n) is 10.9. The Kier molecular flexibility index (Phi) is 4.91. The van der Waals surface area contributed by atoms with Crippen molar-refractivity contribution in [3.05, 3.63) is 11.6 Å². The highest BCUT2D eigenvalue weighted by Gasteiger charge is 2.58. The van der Waals surface area contributed by atoms with Crippen LogP contribution in [0.2, 0.25) is 0 Å². The summed E-state index contributed by atoms with van der Waals surface area (Å²) in [6.07, 6.45) is 11.0. The molecule has 0 unspecified atom stereocenters. The Balaban J connectivity index is 1.56. The van der Waals surface area contributed by atoms with Crippen LogP contribution >= 0.6 is 0 Å². The van der Waals surface area contributed by atoms with Gasteiger partial charge in [-0.05, 0) is 68.1 Å². The second-order valence-corrected chi connectivity index (χ2v) is 9.85. The summed E-state index contributed by atoms with van der Waals surface area (Å²) < 4.78 is 5.53. The number of ether oxygens (including phenoxy) is 1. The van der Waals surface area contributed by atoms with Gasteiger partial charge in [-0.2, -0.15) is 0 Å². The maximum absolute atomic E-state index is 11.4. The van der Waals surface area contributed by atoms with Gasteiger partial charge in [-0.1, -0.05) is 30.7 Å². The Morgan fingerprint density at radius 2 is 1.75 bits per heavy atom. The number of hydrogen-bond donors (Lipinski definition) is 0. The normalized spacial score (nSPS) is 43.4. The maximum atomic E-state index is 11.4. The third-order valence-corrected chi connectivity index (χ3v) is 8.42. The Bertz CT molecular complexity index is 741. The molecule has 0 saturated heterocycles. The number of fused-ring (bicyclic) bond motifs is 5. The molecule has 0 aliphatic heterocycles. The van der Waals surface area contributed by atoms with Gasteiger partial charge in [0.15, 0.2) is 0 Å². The molecule has 3 saturated carbocycles. The molecule has 4 aliphatic carbocycles. The number of carbonyl (C=O) groups excluding carboxylic acids is 2. The zero-order chi connectivity index (χ0) is 20.1. The summed E-state index contributed by atoms with van der Waals surface area (Å²) >= 11 is 0. The van der Waals surface area contributed by atoms with Gasteiger partial charge in [0.25, 0.3) is 0 Å². The van der Waals surface area contributed by atoms with E-state index in [1.165, 1.54) is 25.8 Å². The van der Waals surface area contributed by atoms with E-state index in [4.69, 9.17) is 9.57 Å². The lowest BCUT2D eigenvalue weighted by Gasteiger charge is -2.57. The molecule has 5 heteroatoms. The third-order valence-electron chi connectivity index (χ3n) is 8.42. The molecule has 0 aromatic heterocycles. The predicted molar refractivity (Wildman–Crippen MR) is 106 cm³/mol. The van der Waals surface area contributed by atoms with Crippen LogP contribution in [0.5, 0.6) is 0 Å². The van der Waals surface area contributed by atoms with Crippen LogP contribution < -0.4 is 0 Å². The number of carbonyl (C=O) groups is 2. The molecule has 5 nitrogen and oxygen atoms in total. The molecule has 0 aromatic rings. The lowest BCUT2D eigenvalue weighted by Crippen LogP contribution is -2.50. The van der Waals surface area contributed by atoms with Gasteiger partial charge >= 0.3 is 11.9 Å². The number of allylic oxidation sites excluding steroid dienone is 1. The summed E-state index contributed by atoms with van der Waals surface area (Å²) in [6.45, 7) is 7.71. The zero-order valence-corrected chi connectivity index (χ0v) is 17.6. The molecule has 0 aromatic carbocycles. The molecule has 28 heavy (non-hydrogen) atoms. The third kappa shape index (κ3) is 3.11. The Labute approximate surface area is 167 Å². The van der Waals surface area contributed by atoms with Crippen molar-refractivity contribution in [2.45, 2.75) is 85.2 Å². The number of oxime groups is 1. The first-order valence-corrected chi connectivity index (χ1v) is 10.9. The average molecular weight is 388 g/mol. The summed E-state index contributed by atoms with van der Waals surface area (Å²) in [5, 5.41) is 4.26. The van der Waals surface area contributed by atoms with Crippen molar-refractivity contribution in [1.29, 1.82) is 0 Å². The molecule has 0 amide bonds. The molecule has 4 rings (SSSR count). The molecular formula is C23H33NO4. The highest BCUT2D eigenvalue weighted by Crippen LogP contribution is 2.64. The van der Waals surface area contributed by atoms with Gasteiger partial charge in [0.1, 0.15) is 6.10 Å². The Morgan fingerprint density at radius 1 is 1.04 bits per heavy atom. The first kappa shape index (κ1) is 19.7. The lowest BCUT2D eigenvalue weighted by atomic mass is 9.48. The highest BCUT2D eigenvalue weighted by molar-refractivity contribution is 5.92. The summed E-state index contributed by atoms with van der Waals surface area (Å²) in [6, 6.07) is 0. The smallest absolute Gasteiger partial charge is 0.331 e. The number of rotatable bonds is 2. The van der Waals surface area contributed by atoms with Gasteiger partial charge in [-0.15, -0.1) is 0 Å². The van der Waals surface area contributed by atoms with E-state index >= 15 is 0 Å². The lowest BCUT2D eigenvalue weighted by molar-refractivity contribution is -0.148. The first-order chi connectivity index (χ1) is 13.2. The molecule has 0 spiro atoms. The summed E-state index contributed by atoms with van der Waals surface area (Å²) in [5.74, 6) is 1.47. The molecule has 154 valence electrons. The molecule has 0 radical (unpaired) electrons. The minimum Gasteiger partial charge on any atom is -0.462 e. The fourth-order valence-electron chi connectivity index (χ4n) is 7.02. The number of esters is 1. The topological polar surface area (TPSA) is 65.0 Å². The monoisotopic (exact) mass is 387 g/mol. The van der Waals surface area contributed by atoms with E-state index in [2.05, 4.69) is 25.1 Å². The van der Waals surface area contributed by atoms with Crippen LogP contribution in [0.25, 0.3) is 0 Å². The van der Waals surface area contributed by atoms with Crippen molar-refractivity contribution in [1.82, 2.24) is 0 Å². The molecule has 6 atom stereocenters. The molecule has 0 heterocycles. The standard InChI is InChI=1S/C23H33NO4/c1-14(25)27-17-9-11-22(3)16(13-17)5-6-18-19-7-8-21(24-28-15(2)26)23(19,4)12-10-20(18)22/h5,17-20H,6-13H2,1-4H3/b24-21-/t17-,18+,19+,20+,22+,23+/m1/s1. The van der Waals surface area contributed by atoms with Crippen LogP contribution in [0.4, 0.5) is 0 Å². The molecular weight excluding hydrogens is 354 g/mol. The van der Waals surface area contributed by atoms with E-state index in [-0.39, 0.29) is 28.9 Å². The van der Waals surface area contributed by atoms with Gasteiger partial charge in [0, 0.05) is 25.7 Å². The van der Waals surface area contributed by atoms with Crippen molar-refractivity contribution in [3.8, 4) is 0 Å². The SMILES string of the molecule is CC(=O)O/N=C1/CC[C@H]2[C@@H]3CC=C4C[C@H](OC(C)=O)CC[C@]4(C)[C@H]3CC[C@]12C. The van der Waals surface area contributed by atoms with E-state index in [1.807, 2.05) is 0 Å². The van der Waals surface area contributed by atoms with Gasteiger partial charge in [0.05, 0.1) is 5.71 Å². The molecule has 0 N–H and O–H groups in total. The molecule has 0 bridgehead atoms. The van der Waals surface area contributed by atoms with Crippen molar-refractivity contribution in [2.75, 3.05) is 0 Å². The second-order valence-electron chi connectivity index (χ2n) is 9.85. The van der Waals surface area contributed by atoms with Gasteiger partial charge in [-0.25, -0.2) is 4.79 Å². The van der Waals surface area contributed by atoms with Gasteiger partial charge in [-0.3, -0.25) is 4.79 Å². The van der Waals surface area contributed by atoms with Crippen molar-refractivity contribution >= 4 is 17.7 Å². The molecule has 3 fully saturated rings. The minimum absolute atomic E-state index is 0.0520. The van der Waals surface area contributed by atoms with E-state index in [0.717, 1.165) is 50.7 Å². The van der Waals surface area contributed by atoms with Gasteiger partial charge in [0.2, 0.25) is 0 Å². The largest absolute Gasteiger partial charge is 0.462 e. The van der Waals surface area contributed by atoms with Gasteiger partial charge < -0.3 is 9.57 Å². The van der Waals surface area contributed by atoms with E-state index in [9.17, 15) is 9.59 Å². The van der Waals surface area contributed by atoms with Crippen LogP contribution in [0, 0.1) is 28.6 Å². The number of nitrogens with zero attached hydrogens (tertiary/aromatic N) is 1. The summed E-state index contributed by atoms with van der Waals surface area (Å²) in [7, 11) is 0. The van der Waals surface area contributed by atoms with E-state index in [1.54, 1.807) is 0 Å². The fraction of sp³-hybridized carbons (Fsp3) is 0.783. The Hall–Kier alpha value is -1.65. The molecule has 4 aliphatic rings. The highest BCUT2D eigenvalue weighted by atomic mass is 16.7. The average Bonchev–Trinajstić information content (AvgIpc) is 2.96. The van der Waals surface area contributed by atoms with Crippen LogP contribution in [-0.4, -0.2) is 23.8 Å². The zero-order valence-electron chi connectivity index (χ0n) is 17.6. The number of hydrogen-bond acceptors (Lipinski definition) is 5. The van der Waals surface area contributed by atoms with Crippen molar-refractivity contribution < 1.29 is 19.2 Å². The van der Waals surface area contributed by atoms with Crippen LogP contribution in [0.3, 0.4) is 0 Å². The van der Waals surface area contributed by atoms with E-state index < -0.39 is 0 Å². The van der Waals surface area contributed by atoms with Crippen LogP contribution in [0.1, 0.15) is 79.1 Å². The summed E-state index contributed by atoms with van der Waals surface area (Å²) in [4.78, 5) is 27.6. The maximum Gasteiger partial charge on any atom is 0.331 e. The van der Waals surface area contributed by atoms with Crippen molar-refractivity contribution in [3.63, 3.8) is 0 Å². The quantitative estimate of drug-likeness (QED) is 0.295. The van der Waals surface area contributed by atoms with Crippen molar-refractivity contribution in [2.24, 2.45) is 33.7 Å². The summed E-state index contributed by atoms with van der Waals surface area (Å²) in [5.41, 5.74) is 2.90.